The molecule has 1 heterocycles. The number of benzene rings is 1. The van der Waals surface area contributed by atoms with E-state index >= 15 is 0 Å². The molecule has 0 unspecified atom stereocenters. The van der Waals surface area contributed by atoms with E-state index in [1.54, 1.807) is 25.3 Å². The first-order valence-electron chi connectivity index (χ1n) is 5.09. The number of rotatable bonds is 3. The molecule has 2 rings (SSSR count). The third-order valence-electron chi connectivity index (χ3n) is 2.17. The van der Waals surface area contributed by atoms with E-state index in [0.717, 1.165) is 0 Å². The number of halogens is 1. The molecule has 0 aliphatic rings. The number of ether oxygens (including phenoxy) is 2. The first-order valence-corrected chi connectivity index (χ1v) is 5.46. The lowest BCUT2D eigenvalue weighted by Gasteiger charge is -2.09. The molecule has 0 aliphatic carbocycles. The fourth-order valence-electron chi connectivity index (χ4n) is 1.41. The maximum Gasteiger partial charge on any atom is 0.274 e. The third kappa shape index (κ3) is 2.70. The van der Waals surface area contributed by atoms with E-state index in [1.807, 2.05) is 12.1 Å². The minimum Gasteiger partial charge on any atom is -0.493 e. The predicted molar refractivity (Wildman–Crippen MR) is 68.6 cm³/mol. The van der Waals surface area contributed by atoms with Crippen LogP contribution in [0, 0.1) is 6.57 Å². The summed E-state index contributed by atoms with van der Waals surface area (Å²) in [6, 6.07) is 10.3. The topological polar surface area (TPSA) is 35.7 Å². The van der Waals surface area contributed by atoms with Gasteiger partial charge in [0.15, 0.2) is 11.5 Å². The Kier molecular flexibility index (Phi) is 3.66. The summed E-state index contributed by atoms with van der Waals surface area (Å²) in [5.41, 5.74) is 0. The van der Waals surface area contributed by atoms with Crippen molar-refractivity contribution in [1.29, 1.82) is 0 Å². The summed E-state index contributed by atoms with van der Waals surface area (Å²) in [6.07, 6.45) is 0. The highest BCUT2D eigenvalue weighted by atomic mass is 35.5. The van der Waals surface area contributed by atoms with Crippen LogP contribution in [0.5, 0.6) is 17.2 Å². The number of hydrogen-bond acceptors (Lipinski definition) is 3. The van der Waals surface area contributed by atoms with Gasteiger partial charge in [-0.2, -0.15) is 0 Å². The summed E-state index contributed by atoms with van der Waals surface area (Å²) in [4.78, 5) is 7.06. The van der Waals surface area contributed by atoms with Crippen molar-refractivity contribution in [3.05, 3.63) is 53.0 Å². The first-order chi connectivity index (χ1) is 8.72. The molecule has 0 atom stereocenters. The zero-order valence-corrected chi connectivity index (χ0v) is 10.3. The second kappa shape index (κ2) is 5.39. The smallest absolute Gasteiger partial charge is 0.274 e. The zero-order valence-electron chi connectivity index (χ0n) is 9.55. The summed E-state index contributed by atoms with van der Waals surface area (Å²) < 4.78 is 10.8. The van der Waals surface area contributed by atoms with Gasteiger partial charge >= 0.3 is 0 Å². The molecule has 0 fully saturated rings. The lowest BCUT2D eigenvalue weighted by molar-refractivity contribution is 0.379. The van der Waals surface area contributed by atoms with Crippen molar-refractivity contribution in [3.63, 3.8) is 0 Å². The second-order valence-electron chi connectivity index (χ2n) is 3.35. The normalized spacial score (nSPS) is 9.61. The molecule has 0 saturated carbocycles. The van der Waals surface area contributed by atoms with Gasteiger partial charge < -0.3 is 14.3 Å². The second-order valence-corrected chi connectivity index (χ2v) is 3.74. The number of nitrogens with zero attached hydrogens (tertiary/aromatic N) is 2. The van der Waals surface area contributed by atoms with Gasteiger partial charge in [-0.15, -0.1) is 4.98 Å². The Morgan fingerprint density at radius 2 is 1.94 bits per heavy atom. The minimum atomic E-state index is 0.187. The fraction of sp³-hybridized carbons (Fsp3) is 0.0769. The fourth-order valence-corrected chi connectivity index (χ4v) is 1.60. The molecule has 0 radical (unpaired) electrons. The predicted octanol–water partition coefficient (Wildman–Crippen LogP) is 4.09. The molecule has 90 valence electrons. The Balaban J connectivity index is 2.34. The Morgan fingerprint density at radius 3 is 2.61 bits per heavy atom. The number of aromatic nitrogens is 1. The van der Waals surface area contributed by atoms with Crippen molar-refractivity contribution < 1.29 is 9.47 Å². The SMILES string of the molecule is [C-]#[N+]c1cc(Oc2ccccc2OC)cc(Cl)n1. The molecular weight excluding hydrogens is 252 g/mol. The Morgan fingerprint density at radius 1 is 1.22 bits per heavy atom. The first kappa shape index (κ1) is 12.2. The molecule has 1 aromatic carbocycles. The molecule has 4 nitrogen and oxygen atoms in total. The minimum absolute atomic E-state index is 0.187. The van der Waals surface area contributed by atoms with Crippen LogP contribution in [-0.4, -0.2) is 12.1 Å². The highest BCUT2D eigenvalue weighted by molar-refractivity contribution is 6.29. The highest BCUT2D eigenvalue weighted by Crippen LogP contribution is 2.33. The molecule has 18 heavy (non-hydrogen) atoms. The van der Waals surface area contributed by atoms with Crippen molar-refractivity contribution in [1.82, 2.24) is 4.98 Å². The molecule has 0 bridgehead atoms. The van der Waals surface area contributed by atoms with Crippen molar-refractivity contribution >= 4 is 17.4 Å². The molecule has 2 aromatic rings. The molecule has 1 aromatic heterocycles. The zero-order chi connectivity index (χ0) is 13.0. The number of methoxy groups -OCH3 is 1. The summed E-state index contributed by atoms with van der Waals surface area (Å²) in [6.45, 7) is 6.92. The van der Waals surface area contributed by atoms with Gasteiger partial charge in [-0.3, -0.25) is 0 Å². The molecule has 0 saturated heterocycles. The van der Waals surface area contributed by atoms with Crippen molar-refractivity contribution in [2.24, 2.45) is 0 Å². The lowest BCUT2D eigenvalue weighted by Crippen LogP contribution is -1.90. The number of hydrogen-bond donors (Lipinski definition) is 0. The van der Waals surface area contributed by atoms with Gasteiger partial charge in [-0.1, -0.05) is 18.7 Å². The monoisotopic (exact) mass is 260 g/mol. The van der Waals surface area contributed by atoms with Crippen LogP contribution in [0.15, 0.2) is 36.4 Å². The number of pyridine rings is 1. The van der Waals surface area contributed by atoms with Gasteiger partial charge in [0.25, 0.3) is 5.82 Å². The highest BCUT2D eigenvalue weighted by Gasteiger charge is 2.08. The van der Waals surface area contributed by atoms with Gasteiger partial charge in [0.2, 0.25) is 5.15 Å². The maximum atomic E-state index is 6.92. The molecule has 0 N–H and O–H groups in total. The van der Waals surface area contributed by atoms with E-state index < -0.39 is 0 Å². The molecule has 0 amide bonds. The Bertz CT molecular complexity index is 608. The third-order valence-corrected chi connectivity index (χ3v) is 2.36. The van der Waals surface area contributed by atoms with Crippen LogP contribution in [-0.2, 0) is 0 Å². The molecule has 0 aliphatic heterocycles. The Labute approximate surface area is 110 Å². The molecule has 0 spiro atoms. The van der Waals surface area contributed by atoms with E-state index in [9.17, 15) is 0 Å². The van der Waals surface area contributed by atoms with Gasteiger partial charge in [0.05, 0.1) is 7.11 Å². The van der Waals surface area contributed by atoms with E-state index in [2.05, 4.69) is 9.83 Å². The molecule has 5 heteroatoms. The summed E-state index contributed by atoms with van der Waals surface area (Å²) in [5, 5.41) is 0.216. The summed E-state index contributed by atoms with van der Waals surface area (Å²) in [5.74, 6) is 1.80. The van der Waals surface area contributed by atoms with Gasteiger partial charge in [-0.25, -0.2) is 0 Å². The van der Waals surface area contributed by atoms with Crippen molar-refractivity contribution in [2.45, 2.75) is 0 Å². The largest absolute Gasteiger partial charge is 0.493 e. The van der Waals surface area contributed by atoms with E-state index in [4.69, 9.17) is 27.6 Å². The molecular formula is C13H9ClN2O2. The summed E-state index contributed by atoms with van der Waals surface area (Å²) in [7, 11) is 1.56. The average Bonchev–Trinajstić information content (AvgIpc) is 2.38. The lowest BCUT2D eigenvalue weighted by atomic mass is 10.3. The maximum absolute atomic E-state index is 6.92. The van der Waals surface area contributed by atoms with Crippen LogP contribution in [0.3, 0.4) is 0 Å². The van der Waals surface area contributed by atoms with Crippen molar-refractivity contribution in [2.75, 3.05) is 7.11 Å². The van der Waals surface area contributed by atoms with Crippen LogP contribution in [0.2, 0.25) is 5.15 Å². The van der Waals surface area contributed by atoms with Crippen LogP contribution in [0.1, 0.15) is 0 Å². The van der Waals surface area contributed by atoms with Crippen molar-refractivity contribution in [3.8, 4) is 17.2 Å². The Hall–Kier alpha value is -2.25. The van der Waals surface area contributed by atoms with Crippen LogP contribution in [0.4, 0.5) is 5.82 Å². The summed E-state index contributed by atoms with van der Waals surface area (Å²) >= 11 is 5.80. The van der Waals surface area contributed by atoms with Gasteiger partial charge in [0.1, 0.15) is 5.75 Å². The standard InChI is InChI=1S/C13H9ClN2O2/c1-15-13-8-9(7-12(14)16-13)18-11-6-4-3-5-10(11)17-2/h3-8H,2H3. The quantitative estimate of drug-likeness (QED) is 0.616. The van der Waals surface area contributed by atoms with Crippen LogP contribution < -0.4 is 9.47 Å². The van der Waals surface area contributed by atoms with Crippen LogP contribution >= 0.6 is 11.6 Å². The van der Waals surface area contributed by atoms with E-state index in [0.29, 0.717) is 17.2 Å². The number of para-hydroxylation sites is 2. The average molecular weight is 261 g/mol. The van der Waals surface area contributed by atoms with Crippen LogP contribution in [0.25, 0.3) is 4.85 Å². The van der Waals surface area contributed by atoms with E-state index in [-0.39, 0.29) is 11.0 Å². The van der Waals surface area contributed by atoms with Gasteiger partial charge in [0, 0.05) is 12.1 Å². The van der Waals surface area contributed by atoms with E-state index in [1.165, 1.54) is 6.07 Å². The van der Waals surface area contributed by atoms with Gasteiger partial charge in [-0.05, 0) is 23.7 Å².